The summed E-state index contributed by atoms with van der Waals surface area (Å²) < 4.78 is 4.68. The number of methoxy groups -OCH3 is 1. The van der Waals surface area contributed by atoms with Gasteiger partial charge in [0.15, 0.2) is 22.0 Å². The van der Waals surface area contributed by atoms with Gasteiger partial charge >= 0.3 is 0 Å². The van der Waals surface area contributed by atoms with Crippen molar-refractivity contribution in [3.05, 3.63) is 69.5 Å². The van der Waals surface area contributed by atoms with Crippen LogP contribution in [0.3, 0.4) is 0 Å². The van der Waals surface area contributed by atoms with Crippen LogP contribution < -0.4 is 26.5 Å². The van der Waals surface area contributed by atoms with Crippen molar-refractivity contribution in [2.45, 2.75) is 0 Å². The second kappa shape index (κ2) is 3.37. The zero-order valence-electron chi connectivity index (χ0n) is 8.27. The molecule has 0 N–H and O–H groups in total. The molecule has 0 radical (unpaired) electrons. The van der Waals surface area contributed by atoms with E-state index in [9.17, 15) is 19.2 Å². The maximum absolute atomic E-state index is 11.7. The van der Waals surface area contributed by atoms with Crippen molar-refractivity contribution in [3.8, 4) is 5.75 Å². The van der Waals surface area contributed by atoms with E-state index in [2.05, 4.69) is 4.74 Å². The third kappa shape index (κ3) is 1.25. The molecular weight excluding hydrogens is 212 g/mol. The molecule has 2 aliphatic carbocycles. The van der Waals surface area contributed by atoms with Crippen LogP contribution >= 0.6 is 0 Å². The highest BCUT2D eigenvalue weighted by Crippen LogP contribution is 1.96. The van der Waals surface area contributed by atoms with Gasteiger partial charge in [0.2, 0.25) is 5.43 Å². The fourth-order valence-electron chi connectivity index (χ4n) is 1.57. The molecule has 0 saturated carbocycles. The van der Waals surface area contributed by atoms with Crippen LogP contribution in [0.2, 0.25) is 0 Å². The molecule has 0 unspecified atom stereocenters. The van der Waals surface area contributed by atoms with Crippen molar-refractivity contribution in [3.63, 3.8) is 0 Å². The van der Waals surface area contributed by atoms with E-state index in [4.69, 9.17) is 0 Å². The van der Waals surface area contributed by atoms with Gasteiger partial charge in [-0.05, 0) is 12.1 Å². The van der Waals surface area contributed by atoms with Crippen LogP contribution in [-0.2, 0) is 0 Å². The molecule has 0 bridgehead atoms. The summed E-state index contributed by atoms with van der Waals surface area (Å²) in [7, 11) is 1.22. The maximum Gasteiger partial charge on any atom is 0.232 e. The van der Waals surface area contributed by atoms with Crippen molar-refractivity contribution in [2.75, 3.05) is 7.11 Å². The molecule has 0 atom stereocenters. The van der Waals surface area contributed by atoms with Gasteiger partial charge in [-0.25, -0.2) is 0 Å². The second-order valence-corrected chi connectivity index (χ2v) is 3.22. The number of hydrogen-bond acceptors (Lipinski definition) is 5. The zero-order valence-corrected chi connectivity index (χ0v) is 8.27. The first-order chi connectivity index (χ1) is 7.56. The lowest BCUT2D eigenvalue weighted by atomic mass is 10.1. The third-order valence-corrected chi connectivity index (χ3v) is 2.31. The Morgan fingerprint density at radius 2 is 1.44 bits per heavy atom. The molecule has 0 aliphatic heterocycles. The van der Waals surface area contributed by atoms with Crippen LogP contribution in [0, 0.1) is 10.4 Å². The molecule has 0 saturated heterocycles. The monoisotopic (exact) mass is 218 g/mol. The van der Waals surface area contributed by atoms with Crippen LogP contribution in [0.1, 0.15) is 0 Å². The summed E-state index contributed by atoms with van der Waals surface area (Å²) in [5.74, 6) is -0.222. The van der Waals surface area contributed by atoms with Crippen molar-refractivity contribution >= 4 is 0 Å². The van der Waals surface area contributed by atoms with E-state index in [1.165, 1.54) is 7.11 Å². The maximum atomic E-state index is 11.7. The van der Waals surface area contributed by atoms with Crippen LogP contribution in [0.4, 0.5) is 0 Å². The van der Waals surface area contributed by atoms with E-state index in [0.717, 1.165) is 18.2 Å². The summed E-state index contributed by atoms with van der Waals surface area (Å²) in [5, 5.41) is -0.754. The van der Waals surface area contributed by atoms with Gasteiger partial charge < -0.3 is 4.74 Å². The quantitative estimate of drug-likeness (QED) is 0.596. The Labute approximate surface area is 87.9 Å². The largest absolute Gasteiger partial charge is 0.492 e. The van der Waals surface area contributed by atoms with Crippen LogP contribution in [0.5, 0.6) is 5.75 Å². The molecule has 0 heterocycles. The minimum Gasteiger partial charge on any atom is -0.492 e. The first kappa shape index (κ1) is 10.2. The average molecular weight is 218 g/mol. The highest BCUT2D eigenvalue weighted by Gasteiger charge is 2.10. The Bertz CT molecular complexity index is 812. The first-order valence-electron chi connectivity index (χ1n) is 4.42. The smallest absolute Gasteiger partial charge is 0.232 e. The van der Waals surface area contributed by atoms with Crippen molar-refractivity contribution in [1.29, 1.82) is 0 Å². The Balaban J connectivity index is 3.40. The summed E-state index contributed by atoms with van der Waals surface area (Å²) >= 11 is 0. The van der Waals surface area contributed by atoms with E-state index in [1.807, 2.05) is 0 Å². The molecule has 2 rings (SSSR count). The molecule has 80 valence electrons. The molecule has 5 heteroatoms. The lowest BCUT2D eigenvalue weighted by molar-refractivity contribution is 0.410. The number of hydrogen-bond donors (Lipinski definition) is 0. The molecule has 0 aromatic carbocycles. The van der Waals surface area contributed by atoms with Gasteiger partial charge in [0, 0.05) is 6.07 Å². The summed E-state index contributed by atoms with van der Waals surface area (Å²) in [6.45, 7) is 0. The molecule has 0 amide bonds. The molecule has 16 heavy (non-hydrogen) atoms. The predicted molar refractivity (Wildman–Crippen MR) is 55.7 cm³/mol. The minimum atomic E-state index is -0.722. The lowest BCUT2D eigenvalue weighted by Gasteiger charge is -1.96. The topological polar surface area (TPSA) is 77.5 Å². The summed E-state index contributed by atoms with van der Waals surface area (Å²) in [5.41, 5.74) is -2.66. The Morgan fingerprint density at radius 3 is 2.00 bits per heavy atom. The van der Waals surface area contributed by atoms with Gasteiger partial charge in [-0.3, -0.25) is 19.2 Å². The molecule has 0 aromatic heterocycles. The van der Waals surface area contributed by atoms with Crippen molar-refractivity contribution < 1.29 is 4.74 Å². The first-order valence-corrected chi connectivity index (χ1v) is 4.42. The number of ether oxygens (including phenoxy) is 1. The molecular formula is C11H6O5. The predicted octanol–water partition coefficient (Wildman–Crippen LogP) is -1.26. The van der Waals surface area contributed by atoms with Gasteiger partial charge in [-0.15, -0.1) is 0 Å². The van der Waals surface area contributed by atoms with E-state index in [-0.39, 0.29) is 11.0 Å². The van der Waals surface area contributed by atoms with Crippen LogP contribution in [0.15, 0.2) is 37.4 Å². The Kier molecular flexibility index (Phi) is 2.16. The molecule has 5 nitrogen and oxygen atoms in total. The van der Waals surface area contributed by atoms with Gasteiger partial charge in [-0.1, -0.05) is 0 Å². The highest BCUT2D eigenvalue weighted by atomic mass is 16.5. The normalized spacial score (nSPS) is 10.6. The average Bonchev–Trinajstić information content (AvgIpc) is 2.26. The molecule has 0 aromatic rings. The van der Waals surface area contributed by atoms with Crippen molar-refractivity contribution in [1.82, 2.24) is 0 Å². The lowest BCUT2D eigenvalue weighted by Crippen LogP contribution is -2.27. The molecule has 0 fully saturated rings. The second-order valence-electron chi connectivity index (χ2n) is 3.22. The standard InChI is InChI=1S/C11H6O5/c1-16-8-4-7(14)9-5(12)2-3-6(13)10(9)11(8)15/h2-4H,1H3. The fourth-order valence-corrected chi connectivity index (χ4v) is 1.57. The van der Waals surface area contributed by atoms with Crippen LogP contribution in [-0.4, -0.2) is 7.11 Å². The summed E-state index contributed by atoms with van der Waals surface area (Å²) in [6.07, 6.45) is 0. The number of rotatable bonds is 1. The Morgan fingerprint density at radius 1 is 0.875 bits per heavy atom. The Hall–Kier alpha value is -2.30. The van der Waals surface area contributed by atoms with Crippen molar-refractivity contribution in [2.24, 2.45) is 0 Å². The van der Waals surface area contributed by atoms with Gasteiger partial charge in [-0.2, -0.15) is 0 Å². The molecule has 2 aliphatic rings. The highest BCUT2D eigenvalue weighted by molar-refractivity contribution is 5.27. The molecule has 0 spiro atoms. The summed E-state index contributed by atoms with van der Waals surface area (Å²) in [4.78, 5) is 46.0. The minimum absolute atomic E-state index is 0.222. The van der Waals surface area contributed by atoms with E-state index in [0.29, 0.717) is 0 Å². The van der Waals surface area contributed by atoms with E-state index >= 15 is 0 Å². The third-order valence-electron chi connectivity index (χ3n) is 2.31. The van der Waals surface area contributed by atoms with Crippen LogP contribution in [0.25, 0.3) is 0 Å². The SMILES string of the molecule is COc1cc(=O)c2c(=O)ccc(=O)c=2c1=O. The zero-order chi connectivity index (χ0) is 11.9. The van der Waals surface area contributed by atoms with Gasteiger partial charge in [0.05, 0.1) is 17.5 Å². The van der Waals surface area contributed by atoms with E-state index < -0.39 is 26.9 Å². The van der Waals surface area contributed by atoms with E-state index in [1.54, 1.807) is 0 Å². The van der Waals surface area contributed by atoms with Gasteiger partial charge in [0.25, 0.3) is 0 Å². The summed E-state index contributed by atoms with van der Waals surface area (Å²) in [6, 6.07) is 2.88. The fraction of sp³-hybridized carbons (Fsp3) is 0.0909. The van der Waals surface area contributed by atoms with Gasteiger partial charge in [0.1, 0.15) is 0 Å².